The molecule has 0 aliphatic carbocycles. The largest absolute Gasteiger partial charge is 0.399 e. The molecule has 3 rings (SSSR count). The minimum Gasteiger partial charge on any atom is -0.399 e. The number of hydrogen-bond acceptors (Lipinski definition) is 3. The molecular formula is C21H27N3O. The summed E-state index contributed by atoms with van der Waals surface area (Å²) >= 11 is 0. The van der Waals surface area contributed by atoms with E-state index in [1.807, 2.05) is 24.3 Å². The third-order valence-electron chi connectivity index (χ3n) is 5.05. The number of carbonyl (C=O) groups excluding carboxylic acids is 1. The monoisotopic (exact) mass is 337 g/mol. The van der Waals surface area contributed by atoms with Crippen LogP contribution in [0.2, 0.25) is 0 Å². The predicted octanol–water partition coefficient (Wildman–Crippen LogP) is 2.76. The van der Waals surface area contributed by atoms with Crippen LogP contribution < -0.4 is 11.1 Å². The van der Waals surface area contributed by atoms with Crippen molar-refractivity contribution < 1.29 is 4.79 Å². The lowest BCUT2D eigenvalue weighted by Crippen LogP contribution is -2.53. The summed E-state index contributed by atoms with van der Waals surface area (Å²) < 4.78 is 0. The molecule has 0 atom stereocenters. The second-order valence-corrected chi connectivity index (χ2v) is 7.45. The number of fused-ring (bicyclic) bond motifs is 1. The molecule has 4 heteroatoms. The molecule has 0 unspecified atom stereocenters. The number of nitrogens with zero attached hydrogens (tertiary/aromatic N) is 1. The van der Waals surface area contributed by atoms with Gasteiger partial charge in [-0.1, -0.05) is 36.4 Å². The van der Waals surface area contributed by atoms with E-state index in [1.54, 1.807) is 0 Å². The van der Waals surface area contributed by atoms with Gasteiger partial charge >= 0.3 is 0 Å². The summed E-state index contributed by atoms with van der Waals surface area (Å²) in [6.07, 6.45) is 1.46. The average Bonchev–Trinajstić information content (AvgIpc) is 2.62. The van der Waals surface area contributed by atoms with E-state index in [-0.39, 0.29) is 11.4 Å². The second-order valence-electron chi connectivity index (χ2n) is 7.45. The topological polar surface area (TPSA) is 58.4 Å². The van der Waals surface area contributed by atoms with Gasteiger partial charge in [0, 0.05) is 30.9 Å². The van der Waals surface area contributed by atoms with E-state index in [0.717, 1.165) is 30.8 Å². The Morgan fingerprint density at radius 3 is 2.52 bits per heavy atom. The summed E-state index contributed by atoms with van der Waals surface area (Å²) in [6.45, 7) is 7.01. The zero-order valence-corrected chi connectivity index (χ0v) is 15.1. The number of carbonyl (C=O) groups is 1. The number of nitrogen functional groups attached to an aromatic ring is 1. The molecule has 0 fully saturated rings. The Morgan fingerprint density at radius 1 is 1.12 bits per heavy atom. The Bertz CT molecular complexity index is 737. The lowest BCUT2D eigenvalue weighted by molar-refractivity contribution is -0.121. The van der Waals surface area contributed by atoms with Gasteiger partial charge in [-0.05, 0) is 49.1 Å². The van der Waals surface area contributed by atoms with Crippen LogP contribution in [0.15, 0.2) is 48.5 Å². The van der Waals surface area contributed by atoms with E-state index in [4.69, 9.17) is 5.73 Å². The van der Waals surface area contributed by atoms with E-state index in [9.17, 15) is 4.79 Å². The summed E-state index contributed by atoms with van der Waals surface area (Å²) in [6, 6.07) is 16.1. The van der Waals surface area contributed by atoms with Crippen LogP contribution in [-0.2, 0) is 24.2 Å². The van der Waals surface area contributed by atoms with E-state index in [0.29, 0.717) is 13.0 Å². The van der Waals surface area contributed by atoms with E-state index in [1.165, 1.54) is 11.1 Å². The average molecular weight is 337 g/mol. The molecular weight excluding hydrogens is 310 g/mol. The minimum absolute atomic E-state index is 0.0512. The molecule has 0 spiro atoms. The first-order chi connectivity index (χ1) is 11.9. The van der Waals surface area contributed by atoms with Crippen LogP contribution in [0.25, 0.3) is 0 Å². The smallest absolute Gasteiger partial charge is 0.224 e. The number of nitrogens with two attached hydrogens (primary N) is 1. The molecule has 0 aromatic heterocycles. The van der Waals surface area contributed by atoms with Crippen molar-refractivity contribution in [1.29, 1.82) is 0 Å². The number of amides is 1. The second kappa shape index (κ2) is 7.28. The highest BCUT2D eigenvalue weighted by atomic mass is 16.1. The molecule has 1 aliphatic heterocycles. The van der Waals surface area contributed by atoms with Crippen molar-refractivity contribution in [2.24, 2.45) is 0 Å². The molecule has 4 nitrogen and oxygen atoms in total. The van der Waals surface area contributed by atoms with Crippen LogP contribution in [0.3, 0.4) is 0 Å². The van der Waals surface area contributed by atoms with Gasteiger partial charge in [0.25, 0.3) is 0 Å². The van der Waals surface area contributed by atoms with E-state index >= 15 is 0 Å². The number of hydrogen-bond donors (Lipinski definition) is 2. The first-order valence-corrected chi connectivity index (χ1v) is 8.87. The molecule has 0 saturated carbocycles. The highest BCUT2D eigenvalue weighted by Gasteiger charge is 2.29. The Balaban J connectivity index is 1.55. The molecule has 1 amide bonds. The maximum Gasteiger partial charge on any atom is 0.224 e. The minimum atomic E-state index is -0.0791. The van der Waals surface area contributed by atoms with Gasteiger partial charge in [-0.2, -0.15) is 0 Å². The molecule has 1 aliphatic rings. The fourth-order valence-corrected chi connectivity index (χ4v) is 3.32. The summed E-state index contributed by atoms with van der Waals surface area (Å²) in [7, 11) is 0. The molecule has 2 aromatic carbocycles. The fraction of sp³-hybridized carbons (Fsp3) is 0.381. The van der Waals surface area contributed by atoms with Gasteiger partial charge in [-0.3, -0.25) is 9.69 Å². The summed E-state index contributed by atoms with van der Waals surface area (Å²) in [5, 5.41) is 3.10. The zero-order chi connectivity index (χ0) is 17.9. The van der Waals surface area contributed by atoms with Gasteiger partial charge in [-0.25, -0.2) is 0 Å². The van der Waals surface area contributed by atoms with Crippen LogP contribution in [0.1, 0.15) is 30.5 Å². The Morgan fingerprint density at radius 2 is 1.80 bits per heavy atom. The van der Waals surface area contributed by atoms with Crippen molar-refractivity contribution in [3.63, 3.8) is 0 Å². The molecule has 3 N–H and O–H groups in total. The van der Waals surface area contributed by atoms with Crippen molar-refractivity contribution in [3.05, 3.63) is 65.2 Å². The highest BCUT2D eigenvalue weighted by Crippen LogP contribution is 2.24. The van der Waals surface area contributed by atoms with Gasteiger partial charge < -0.3 is 11.1 Å². The fourth-order valence-electron chi connectivity index (χ4n) is 3.32. The Labute approximate surface area is 150 Å². The normalized spacial score (nSPS) is 14.8. The summed E-state index contributed by atoms with van der Waals surface area (Å²) in [5.74, 6) is 0.0512. The molecule has 1 heterocycles. The lowest BCUT2D eigenvalue weighted by Gasteiger charge is -2.41. The van der Waals surface area contributed by atoms with Crippen LogP contribution in [0, 0.1) is 0 Å². The van der Waals surface area contributed by atoms with Crippen molar-refractivity contribution in [1.82, 2.24) is 10.2 Å². The number of benzene rings is 2. The number of nitrogens with one attached hydrogen (secondary N) is 1. The molecule has 0 bridgehead atoms. The molecule has 0 saturated heterocycles. The Kier molecular flexibility index (Phi) is 5.09. The van der Waals surface area contributed by atoms with Crippen molar-refractivity contribution in [3.8, 4) is 0 Å². The molecule has 25 heavy (non-hydrogen) atoms. The Hall–Kier alpha value is -2.33. The van der Waals surface area contributed by atoms with Crippen LogP contribution in [-0.4, -0.2) is 29.4 Å². The summed E-state index contributed by atoms with van der Waals surface area (Å²) in [4.78, 5) is 14.7. The highest BCUT2D eigenvalue weighted by molar-refractivity contribution is 5.78. The third-order valence-corrected chi connectivity index (χ3v) is 5.05. The van der Waals surface area contributed by atoms with E-state index < -0.39 is 0 Å². The maximum atomic E-state index is 12.3. The van der Waals surface area contributed by atoms with Crippen LogP contribution >= 0.6 is 0 Å². The first-order valence-electron chi connectivity index (χ1n) is 8.87. The van der Waals surface area contributed by atoms with Crippen molar-refractivity contribution in [2.45, 2.75) is 38.8 Å². The molecule has 132 valence electrons. The standard InChI is InChI=1S/C21H27N3O/c1-21(2,24-12-11-17-5-3-4-6-18(17)14-24)15-23-20(25)13-16-7-9-19(22)10-8-16/h3-10H,11-15,22H2,1-2H3,(H,23,25). The quantitative estimate of drug-likeness (QED) is 0.825. The van der Waals surface area contributed by atoms with Gasteiger partial charge in [0.1, 0.15) is 0 Å². The number of anilines is 1. The molecule has 2 aromatic rings. The van der Waals surface area contributed by atoms with E-state index in [2.05, 4.69) is 48.3 Å². The first kappa shape index (κ1) is 17.5. The third kappa shape index (κ3) is 4.40. The van der Waals surface area contributed by atoms with Gasteiger partial charge in [0.15, 0.2) is 0 Å². The van der Waals surface area contributed by atoms with Gasteiger partial charge in [0.2, 0.25) is 5.91 Å². The summed E-state index contributed by atoms with van der Waals surface area (Å²) in [5.41, 5.74) is 10.2. The van der Waals surface area contributed by atoms with Crippen molar-refractivity contribution in [2.75, 3.05) is 18.8 Å². The number of rotatable bonds is 5. The molecule has 0 radical (unpaired) electrons. The maximum absolute atomic E-state index is 12.3. The lowest BCUT2D eigenvalue weighted by atomic mass is 9.94. The van der Waals surface area contributed by atoms with Gasteiger partial charge in [-0.15, -0.1) is 0 Å². The van der Waals surface area contributed by atoms with Gasteiger partial charge in [0.05, 0.1) is 6.42 Å². The van der Waals surface area contributed by atoms with Crippen molar-refractivity contribution >= 4 is 11.6 Å². The zero-order valence-electron chi connectivity index (χ0n) is 15.1. The predicted molar refractivity (Wildman–Crippen MR) is 102 cm³/mol. The van der Waals surface area contributed by atoms with Crippen LogP contribution in [0.5, 0.6) is 0 Å². The van der Waals surface area contributed by atoms with Crippen LogP contribution in [0.4, 0.5) is 5.69 Å². The SMILES string of the molecule is CC(C)(CNC(=O)Cc1ccc(N)cc1)N1CCc2ccccc2C1.